The van der Waals surface area contributed by atoms with Crippen LogP contribution in [0.4, 0.5) is 16.3 Å². The summed E-state index contributed by atoms with van der Waals surface area (Å²) in [5.41, 5.74) is 3.11. The zero-order chi connectivity index (χ0) is 14.8. The summed E-state index contributed by atoms with van der Waals surface area (Å²) >= 11 is 1.67. The number of anilines is 2. The van der Waals surface area contributed by atoms with E-state index in [0.717, 1.165) is 29.0 Å². The molecule has 0 radical (unpaired) electrons. The molecule has 2 heterocycles. The van der Waals surface area contributed by atoms with Gasteiger partial charge in [-0.3, -0.25) is 5.32 Å². The Labute approximate surface area is 127 Å². The summed E-state index contributed by atoms with van der Waals surface area (Å²) in [4.78, 5) is 12.2. The number of carbonyl (C=O) groups excluding carboxylic acids is 1. The molecule has 2 aromatic heterocycles. The molecular weight excluding hydrogens is 282 g/mol. The quantitative estimate of drug-likeness (QED) is 0.737. The number of aryl methyl sites for hydroxylation is 2. The Hall–Kier alpha value is -2.27. The van der Waals surface area contributed by atoms with Crippen LogP contribution in [-0.4, -0.2) is 10.6 Å². The highest BCUT2D eigenvalue weighted by atomic mass is 32.1. The van der Waals surface area contributed by atoms with Crippen LogP contribution in [0.15, 0.2) is 41.8 Å². The van der Waals surface area contributed by atoms with Gasteiger partial charge in [0.05, 0.1) is 10.2 Å². The van der Waals surface area contributed by atoms with Crippen LogP contribution in [0.2, 0.25) is 0 Å². The van der Waals surface area contributed by atoms with E-state index >= 15 is 0 Å². The summed E-state index contributed by atoms with van der Waals surface area (Å²) < 4.78 is 3.15. The lowest BCUT2D eigenvalue weighted by Gasteiger charge is -2.11. The number of thiophene rings is 1. The average Bonchev–Trinajstić information content (AvgIpc) is 3.04. The van der Waals surface area contributed by atoms with Crippen molar-refractivity contribution in [2.45, 2.75) is 13.3 Å². The Kier molecular flexibility index (Phi) is 3.66. The summed E-state index contributed by atoms with van der Waals surface area (Å²) in [6.07, 6.45) is 0.885. The van der Waals surface area contributed by atoms with Crippen LogP contribution >= 0.6 is 11.3 Å². The molecule has 0 saturated heterocycles. The first-order chi connectivity index (χ1) is 10.2. The minimum Gasteiger partial charge on any atom is -0.330 e. The summed E-state index contributed by atoms with van der Waals surface area (Å²) in [5.74, 6) is 0.795. The smallest absolute Gasteiger partial charge is 0.324 e. The van der Waals surface area contributed by atoms with Crippen molar-refractivity contribution in [1.29, 1.82) is 0 Å². The van der Waals surface area contributed by atoms with Crippen molar-refractivity contribution in [2.75, 3.05) is 10.6 Å². The normalized spacial score (nSPS) is 10.8. The number of carbonyl (C=O) groups is 1. The highest BCUT2D eigenvalue weighted by Crippen LogP contribution is 2.27. The zero-order valence-electron chi connectivity index (χ0n) is 12.0. The molecule has 1 aromatic carbocycles. The first-order valence-electron chi connectivity index (χ1n) is 6.88. The van der Waals surface area contributed by atoms with Crippen molar-refractivity contribution in [3.05, 3.63) is 47.3 Å². The van der Waals surface area contributed by atoms with Crippen molar-refractivity contribution in [2.24, 2.45) is 7.05 Å². The largest absolute Gasteiger partial charge is 0.330 e. The van der Waals surface area contributed by atoms with E-state index in [9.17, 15) is 4.79 Å². The Morgan fingerprint density at radius 3 is 2.81 bits per heavy atom. The number of fused-ring (bicyclic) bond motifs is 1. The van der Waals surface area contributed by atoms with E-state index in [1.54, 1.807) is 11.3 Å². The van der Waals surface area contributed by atoms with Gasteiger partial charge in [-0.2, -0.15) is 0 Å². The predicted molar refractivity (Wildman–Crippen MR) is 89.3 cm³/mol. The van der Waals surface area contributed by atoms with Gasteiger partial charge in [0.2, 0.25) is 0 Å². The van der Waals surface area contributed by atoms with E-state index in [1.165, 1.54) is 4.70 Å². The highest BCUT2D eigenvalue weighted by molar-refractivity contribution is 7.17. The van der Waals surface area contributed by atoms with Crippen molar-refractivity contribution in [1.82, 2.24) is 4.57 Å². The first kappa shape index (κ1) is 13.7. The van der Waals surface area contributed by atoms with Gasteiger partial charge in [-0.05, 0) is 35.6 Å². The minimum absolute atomic E-state index is 0.218. The molecule has 0 spiro atoms. The molecule has 0 fully saturated rings. The molecule has 5 heteroatoms. The molecule has 0 aliphatic carbocycles. The van der Waals surface area contributed by atoms with E-state index in [4.69, 9.17) is 0 Å². The molecule has 2 N–H and O–H groups in total. The van der Waals surface area contributed by atoms with E-state index in [0.29, 0.717) is 0 Å². The van der Waals surface area contributed by atoms with Crippen LogP contribution in [0, 0.1) is 0 Å². The van der Waals surface area contributed by atoms with Crippen molar-refractivity contribution >= 4 is 39.1 Å². The Morgan fingerprint density at radius 1 is 1.24 bits per heavy atom. The monoisotopic (exact) mass is 299 g/mol. The zero-order valence-corrected chi connectivity index (χ0v) is 12.8. The van der Waals surface area contributed by atoms with Crippen molar-refractivity contribution < 1.29 is 4.79 Å². The summed E-state index contributed by atoms with van der Waals surface area (Å²) in [7, 11) is 1.95. The number of urea groups is 1. The molecule has 3 rings (SSSR count). The van der Waals surface area contributed by atoms with Crippen LogP contribution < -0.4 is 10.6 Å². The van der Waals surface area contributed by atoms with Gasteiger partial charge in [-0.15, -0.1) is 11.3 Å². The molecular formula is C16H17N3OS. The lowest BCUT2D eigenvalue weighted by Crippen LogP contribution is -2.21. The second kappa shape index (κ2) is 5.61. The van der Waals surface area contributed by atoms with Crippen molar-refractivity contribution in [3.8, 4) is 0 Å². The van der Waals surface area contributed by atoms with Gasteiger partial charge in [-0.25, -0.2) is 4.79 Å². The fraction of sp³-hybridized carbons (Fsp3) is 0.188. The van der Waals surface area contributed by atoms with Gasteiger partial charge in [0, 0.05) is 12.7 Å². The van der Waals surface area contributed by atoms with E-state index in [1.807, 2.05) is 47.3 Å². The molecule has 0 saturated carbocycles. The van der Waals surface area contributed by atoms with Gasteiger partial charge in [0.1, 0.15) is 5.82 Å². The standard InChI is InChI=1S/C16H17N3OS/c1-3-11-6-4-5-7-12(11)17-16(20)18-15-10-14-13(19(15)2)8-9-21-14/h4-10H,3H2,1-2H3,(H2,17,18,20). The van der Waals surface area contributed by atoms with Crippen LogP contribution in [-0.2, 0) is 13.5 Å². The topological polar surface area (TPSA) is 46.1 Å². The number of para-hydroxylation sites is 1. The predicted octanol–water partition coefficient (Wildman–Crippen LogP) is 4.45. The molecule has 108 valence electrons. The average molecular weight is 299 g/mol. The molecule has 3 aromatic rings. The van der Waals surface area contributed by atoms with E-state index in [-0.39, 0.29) is 6.03 Å². The molecule has 0 aliphatic heterocycles. The van der Waals surface area contributed by atoms with Crippen molar-refractivity contribution in [3.63, 3.8) is 0 Å². The molecule has 4 nitrogen and oxygen atoms in total. The Morgan fingerprint density at radius 2 is 2.05 bits per heavy atom. The van der Waals surface area contributed by atoms with Gasteiger partial charge in [0.15, 0.2) is 0 Å². The number of rotatable bonds is 3. The maximum Gasteiger partial charge on any atom is 0.324 e. The van der Waals surface area contributed by atoms with E-state index < -0.39 is 0 Å². The second-order valence-electron chi connectivity index (χ2n) is 4.85. The SMILES string of the molecule is CCc1ccccc1NC(=O)Nc1cc2sccc2n1C. The molecule has 0 bridgehead atoms. The summed E-state index contributed by atoms with van der Waals surface area (Å²) in [6.45, 7) is 2.07. The van der Waals surface area contributed by atoms with Crippen LogP contribution in [0.25, 0.3) is 10.2 Å². The first-order valence-corrected chi connectivity index (χ1v) is 7.76. The number of amides is 2. The molecule has 0 atom stereocenters. The molecule has 0 unspecified atom stereocenters. The maximum absolute atomic E-state index is 12.2. The van der Waals surface area contributed by atoms with Crippen LogP contribution in [0.3, 0.4) is 0 Å². The third-order valence-electron chi connectivity index (χ3n) is 3.55. The lowest BCUT2D eigenvalue weighted by molar-refractivity contribution is 0.262. The van der Waals surface area contributed by atoms with Gasteiger partial charge in [0.25, 0.3) is 0 Å². The summed E-state index contributed by atoms with van der Waals surface area (Å²) in [5, 5.41) is 7.87. The Bertz CT molecular complexity index is 788. The third-order valence-corrected chi connectivity index (χ3v) is 4.41. The highest BCUT2D eigenvalue weighted by Gasteiger charge is 2.10. The van der Waals surface area contributed by atoms with Crippen LogP contribution in [0.1, 0.15) is 12.5 Å². The number of benzene rings is 1. The fourth-order valence-electron chi connectivity index (χ4n) is 2.39. The molecule has 2 amide bonds. The second-order valence-corrected chi connectivity index (χ2v) is 5.80. The fourth-order valence-corrected chi connectivity index (χ4v) is 3.24. The summed E-state index contributed by atoms with van der Waals surface area (Å²) in [6, 6.07) is 11.7. The molecule has 21 heavy (non-hydrogen) atoms. The van der Waals surface area contributed by atoms with Crippen LogP contribution in [0.5, 0.6) is 0 Å². The lowest BCUT2D eigenvalue weighted by atomic mass is 10.1. The Balaban J connectivity index is 1.77. The number of hydrogen-bond acceptors (Lipinski definition) is 2. The molecule has 0 aliphatic rings. The minimum atomic E-state index is -0.218. The van der Waals surface area contributed by atoms with E-state index in [2.05, 4.69) is 23.6 Å². The number of aromatic nitrogens is 1. The van der Waals surface area contributed by atoms with Gasteiger partial charge >= 0.3 is 6.03 Å². The number of nitrogens with zero attached hydrogens (tertiary/aromatic N) is 1. The third kappa shape index (κ3) is 2.64. The number of hydrogen-bond donors (Lipinski definition) is 2. The maximum atomic E-state index is 12.2. The van der Waals surface area contributed by atoms with Gasteiger partial charge < -0.3 is 9.88 Å². The number of nitrogens with one attached hydrogen (secondary N) is 2. The van der Waals surface area contributed by atoms with Gasteiger partial charge in [-0.1, -0.05) is 25.1 Å².